The number of methoxy groups -OCH3 is 1. The first-order valence-electron chi connectivity index (χ1n) is 6.31. The van der Waals surface area contributed by atoms with Crippen molar-refractivity contribution in [2.24, 2.45) is 0 Å². The van der Waals surface area contributed by atoms with Crippen LogP contribution in [-0.2, 0) is 10.0 Å². The van der Waals surface area contributed by atoms with Crippen LogP contribution in [0.1, 0.15) is 0 Å². The largest absolute Gasteiger partial charge is 0.496 e. The quantitative estimate of drug-likeness (QED) is 0.880. The Bertz CT molecular complexity index is 743. The van der Waals surface area contributed by atoms with Gasteiger partial charge in [0.05, 0.1) is 24.7 Å². The number of anilines is 2. The number of hydrogen-bond acceptors (Lipinski definition) is 4. The molecule has 0 aliphatic rings. The number of ether oxygens (including phenoxy) is 1. The molecule has 0 amide bonds. The molecule has 0 atom stereocenters. The Morgan fingerprint density at radius 3 is 2.29 bits per heavy atom. The van der Waals surface area contributed by atoms with E-state index in [1.165, 1.54) is 7.05 Å². The standard InChI is InChI=1S/C15H18N2O3S/c1-17(21(3,18)19)14-10-15(20-2)12(9-13(14)16)11-7-5-4-6-8-11/h4-10H,16H2,1-3H3. The van der Waals surface area contributed by atoms with Crippen molar-refractivity contribution in [3.8, 4) is 16.9 Å². The van der Waals surface area contributed by atoms with Gasteiger partial charge < -0.3 is 10.5 Å². The fourth-order valence-corrected chi connectivity index (χ4v) is 2.56. The molecule has 2 N–H and O–H groups in total. The van der Waals surface area contributed by atoms with Gasteiger partial charge in [-0.1, -0.05) is 30.3 Å². The molecular formula is C15H18N2O3S. The summed E-state index contributed by atoms with van der Waals surface area (Å²) in [5.74, 6) is 0.570. The van der Waals surface area contributed by atoms with Crippen LogP contribution in [0.5, 0.6) is 5.75 Å². The van der Waals surface area contributed by atoms with E-state index >= 15 is 0 Å². The van der Waals surface area contributed by atoms with Crippen LogP contribution < -0.4 is 14.8 Å². The van der Waals surface area contributed by atoms with Crippen molar-refractivity contribution in [1.82, 2.24) is 0 Å². The zero-order chi connectivity index (χ0) is 15.6. The molecule has 0 radical (unpaired) electrons. The number of nitrogens with zero attached hydrogens (tertiary/aromatic N) is 1. The third-order valence-corrected chi connectivity index (χ3v) is 4.46. The molecule has 0 heterocycles. The molecule has 21 heavy (non-hydrogen) atoms. The lowest BCUT2D eigenvalue weighted by Crippen LogP contribution is -2.25. The van der Waals surface area contributed by atoms with Crippen molar-refractivity contribution in [3.05, 3.63) is 42.5 Å². The highest BCUT2D eigenvalue weighted by molar-refractivity contribution is 7.92. The molecule has 112 valence electrons. The maximum absolute atomic E-state index is 11.7. The van der Waals surface area contributed by atoms with Crippen LogP contribution in [0.4, 0.5) is 11.4 Å². The van der Waals surface area contributed by atoms with E-state index in [0.29, 0.717) is 17.1 Å². The summed E-state index contributed by atoms with van der Waals surface area (Å²) in [5, 5.41) is 0. The van der Waals surface area contributed by atoms with Crippen molar-refractivity contribution in [1.29, 1.82) is 0 Å². The predicted molar refractivity (Wildman–Crippen MR) is 86.1 cm³/mol. The summed E-state index contributed by atoms with van der Waals surface area (Å²) in [6.07, 6.45) is 1.13. The van der Waals surface area contributed by atoms with E-state index in [1.54, 1.807) is 19.2 Å². The molecular weight excluding hydrogens is 288 g/mol. The molecule has 2 aromatic carbocycles. The molecule has 5 nitrogen and oxygen atoms in total. The molecule has 0 saturated heterocycles. The van der Waals surface area contributed by atoms with Gasteiger partial charge in [-0.2, -0.15) is 0 Å². The molecule has 2 aromatic rings. The molecule has 0 saturated carbocycles. The molecule has 2 rings (SSSR count). The van der Waals surface area contributed by atoms with Crippen LogP contribution in [0, 0.1) is 0 Å². The minimum atomic E-state index is -3.38. The van der Waals surface area contributed by atoms with Crippen LogP contribution >= 0.6 is 0 Å². The van der Waals surface area contributed by atoms with Gasteiger partial charge in [0.1, 0.15) is 5.75 Å². The Kier molecular flexibility index (Phi) is 4.09. The van der Waals surface area contributed by atoms with E-state index in [-0.39, 0.29) is 0 Å². The van der Waals surface area contributed by atoms with Crippen LogP contribution in [0.25, 0.3) is 11.1 Å². The summed E-state index contributed by atoms with van der Waals surface area (Å²) in [6, 6.07) is 13.0. The van der Waals surface area contributed by atoms with Gasteiger partial charge in [-0.05, 0) is 11.6 Å². The van der Waals surface area contributed by atoms with E-state index in [2.05, 4.69) is 0 Å². The number of nitrogen functional groups attached to an aromatic ring is 1. The second kappa shape index (κ2) is 5.65. The first-order chi connectivity index (χ1) is 9.84. The average molecular weight is 306 g/mol. The Morgan fingerprint density at radius 2 is 1.76 bits per heavy atom. The maximum Gasteiger partial charge on any atom is 0.232 e. The lowest BCUT2D eigenvalue weighted by Gasteiger charge is -2.21. The smallest absolute Gasteiger partial charge is 0.232 e. The number of sulfonamides is 1. The van der Waals surface area contributed by atoms with E-state index in [9.17, 15) is 8.42 Å². The number of hydrogen-bond donors (Lipinski definition) is 1. The van der Waals surface area contributed by atoms with Gasteiger partial charge in [0.15, 0.2) is 0 Å². The zero-order valence-electron chi connectivity index (χ0n) is 12.2. The molecule has 0 bridgehead atoms. The Labute approximate surface area is 125 Å². The third-order valence-electron chi connectivity index (χ3n) is 3.27. The molecule has 0 fully saturated rings. The predicted octanol–water partition coefficient (Wildman–Crippen LogP) is 2.34. The average Bonchev–Trinajstić information content (AvgIpc) is 2.46. The van der Waals surface area contributed by atoms with Crippen molar-refractivity contribution < 1.29 is 13.2 Å². The second-order valence-corrected chi connectivity index (χ2v) is 6.72. The summed E-state index contributed by atoms with van der Waals surface area (Å²) in [5.41, 5.74) is 8.57. The van der Waals surface area contributed by atoms with Crippen LogP contribution in [-0.4, -0.2) is 28.8 Å². The monoisotopic (exact) mass is 306 g/mol. The summed E-state index contributed by atoms with van der Waals surface area (Å²) in [4.78, 5) is 0. The summed E-state index contributed by atoms with van der Waals surface area (Å²) < 4.78 is 29.9. The SMILES string of the molecule is COc1cc(N(C)S(C)(=O)=O)c(N)cc1-c1ccccc1. The number of nitrogens with two attached hydrogens (primary N) is 1. The number of rotatable bonds is 4. The molecule has 0 unspecified atom stereocenters. The van der Waals surface area contributed by atoms with E-state index in [4.69, 9.17) is 10.5 Å². The van der Waals surface area contributed by atoms with Gasteiger partial charge >= 0.3 is 0 Å². The highest BCUT2D eigenvalue weighted by Crippen LogP contribution is 2.38. The van der Waals surface area contributed by atoms with Crippen molar-refractivity contribution in [2.45, 2.75) is 0 Å². The highest BCUT2D eigenvalue weighted by Gasteiger charge is 2.18. The van der Waals surface area contributed by atoms with E-state index in [0.717, 1.165) is 21.7 Å². The minimum absolute atomic E-state index is 0.377. The third kappa shape index (κ3) is 3.11. The lowest BCUT2D eigenvalue weighted by molar-refractivity contribution is 0.416. The van der Waals surface area contributed by atoms with E-state index < -0.39 is 10.0 Å². The maximum atomic E-state index is 11.7. The Balaban J connectivity index is 2.61. The first-order valence-corrected chi connectivity index (χ1v) is 8.16. The second-order valence-electron chi connectivity index (χ2n) is 4.71. The zero-order valence-corrected chi connectivity index (χ0v) is 13.0. The fourth-order valence-electron chi connectivity index (χ4n) is 2.05. The van der Waals surface area contributed by atoms with E-state index in [1.807, 2.05) is 30.3 Å². The minimum Gasteiger partial charge on any atom is -0.496 e. The Hall–Kier alpha value is -2.21. The van der Waals surface area contributed by atoms with Gasteiger partial charge in [-0.3, -0.25) is 4.31 Å². The van der Waals surface area contributed by atoms with Gasteiger partial charge in [0, 0.05) is 18.7 Å². The molecule has 0 aliphatic heterocycles. The fraction of sp³-hybridized carbons (Fsp3) is 0.200. The topological polar surface area (TPSA) is 72.6 Å². The van der Waals surface area contributed by atoms with Crippen molar-refractivity contribution in [3.63, 3.8) is 0 Å². The van der Waals surface area contributed by atoms with Gasteiger partial charge in [-0.25, -0.2) is 8.42 Å². The van der Waals surface area contributed by atoms with Crippen molar-refractivity contribution in [2.75, 3.05) is 30.5 Å². The molecule has 0 spiro atoms. The summed E-state index contributed by atoms with van der Waals surface area (Å²) >= 11 is 0. The molecule has 0 aliphatic carbocycles. The van der Waals surface area contributed by atoms with Crippen molar-refractivity contribution >= 4 is 21.4 Å². The number of benzene rings is 2. The van der Waals surface area contributed by atoms with Crippen LogP contribution in [0.3, 0.4) is 0 Å². The van der Waals surface area contributed by atoms with Crippen LogP contribution in [0.15, 0.2) is 42.5 Å². The first kappa shape index (κ1) is 15.2. The summed E-state index contributed by atoms with van der Waals surface area (Å²) in [6.45, 7) is 0. The Morgan fingerprint density at radius 1 is 1.14 bits per heavy atom. The lowest BCUT2D eigenvalue weighted by atomic mass is 10.0. The van der Waals surface area contributed by atoms with Gasteiger partial charge in [0.25, 0.3) is 0 Å². The van der Waals surface area contributed by atoms with Crippen LogP contribution in [0.2, 0.25) is 0 Å². The highest BCUT2D eigenvalue weighted by atomic mass is 32.2. The normalized spacial score (nSPS) is 11.2. The molecule has 0 aromatic heterocycles. The molecule has 6 heteroatoms. The van der Waals surface area contributed by atoms with Gasteiger partial charge in [-0.15, -0.1) is 0 Å². The summed E-state index contributed by atoms with van der Waals surface area (Å²) in [7, 11) is -0.378. The van der Waals surface area contributed by atoms with Gasteiger partial charge in [0.2, 0.25) is 10.0 Å².